The lowest BCUT2D eigenvalue weighted by atomic mass is 9.92. The molecular weight excluding hydrogens is 349 g/mol. The first-order chi connectivity index (χ1) is 11.3. The van der Waals surface area contributed by atoms with E-state index in [2.05, 4.69) is 4.74 Å². The molecule has 0 aliphatic carbocycles. The molecule has 1 fully saturated rings. The zero-order valence-corrected chi connectivity index (χ0v) is 14.3. The van der Waals surface area contributed by atoms with Crippen LogP contribution in [0.5, 0.6) is 0 Å². The summed E-state index contributed by atoms with van der Waals surface area (Å²) in [6, 6.07) is -2.22. The molecule has 25 heavy (non-hydrogen) atoms. The number of carbonyl (C=O) groups excluding carboxylic acids is 2. The number of nitrogens with zero attached hydrogens (tertiary/aromatic N) is 2. The van der Waals surface area contributed by atoms with Crippen LogP contribution in [0.2, 0.25) is 0 Å². The van der Waals surface area contributed by atoms with Crippen molar-refractivity contribution in [1.82, 2.24) is 10.0 Å². The molecule has 1 heterocycles. The van der Waals surface area contributed by atoms with Crippen molar-refractivity contribution in [1.29, 1.82) is 0 Å². The first kappa shape index (κ1) is 20.8. The normalized spacial score (nSPS) is 21.7. The van der Waals surface area contributed by atoms with Gasteiger partial charge in [0.25, 0.3) is 0 Å². The van der Waals surface area contributed by atoms with Gasteiger partial charge in [0.15, 0.2) is 6.04 Å². The number of carbonyl (C=O) groups is 3. The molecule has 0 radical (unpaired) electrons. The van der Waals surface area contributed by atoms with Crippen molar-refractivity contribution in [2.45, 2.75) is 51.9 Å². The van der Waals surface area contributed by atoms with Crippen molar-refractivity contribution in [2.75, 3.05) is 13.2 Å². The van der Waals surface area contributed by atoms with Crippen LogP contribution < -0.4 is 0 Å². The molecule has 144 valence electrons. The Balaban J connectivity index is 3.26. The lowest BCUT2D eigenvalue weighted by Crippen LogP contribution is -2.65. The van der Waals surface area contributed by atoms with Gasteiger partial charge in [-0.05, 0) is 34.1 Å². The van der Waals surface area contributed by atoms with Crippen LogP contribution >= 0.6 is 0 Å². The predicted molar refractivity (Wildman–Crippen MR) is 77.4 cm³/mol. The molecule has 1 N–H and O–H groups in total. The van der Waals surface area contributed by atoms with Gasteiger partial charge in [-0.15, -0.1) is 0 Å². The Hall–Kier alpha value is -2.20. The summed E-state index contributed by atoms with van der Waals surface area (Å²) >= 11 is 0. The SMILES string of the molecule is CCOC(=O)C1C(C(F)(F)F)CCN(C(=O)OC(C)(C)C)N1C(=O)O. The Kier molecular flexibility index (Phi) is 6.14. The molecule has 2 atom stereocenters. The van der Waals surface area contributed by atoms with Gasteiger partial charge in [-0.3, -0.25) is 0 Å². The molecule has 1 saturated heterocycles. The molecule has 0 aromatic heterocycles. The summed E-state index contributed by atoms with van der Waals surface area (Å²) in [7, 11) is 0. The monoisotopic (exact) mass is 370 g/mol. The number of hydrogen-bond acceptors (Lipinski definition) is 5. The van der Waals surface area contributed by atoms with Crippen molar-refractivity contribution in [3.63, 3.8) is 0 Å². The first-order valence-electron chi connectivity index (χ1n) is 7.55. The molecule has 2 unspecified atom stereocenters. The molecular formula is C14H21F3N2O6. The third-order valence-electron chi connectivity index (χ3n) is 3.31. The van der Waals surface area contributed by atoms with Crippen LogP contribution in [0.3, 0.4) is 0 Å². The molecule has 0 spiro atoms. The molecule has 1 aliphatic heterocycles. The molecule has 0 aromatic rings. The summed E-state index contributed by atoms with van der Waals surface area (Å²) in [4.78, 5) is 35.7. The van der Waals surface area contributed by atoms with Gasteiger partial charge in [-0.2, -0.15) is 18.2 Å². The minimum atomic E-state index is -4.84. The zero-order chi connectivity index (χ0) is 19.6. The second-order valence-electron chi connectivity index (χ2n) is 6.36. The molecule has 1 aliphatic rings. The quantitative estimate of drug-likeness (QED) is 0.751. The van der Waals surface area contributed by atoms with E-state index in [1.54, 1.807) is 0 Å². The minimum absolute atomic E-state index is 0.0493. The van der Waals surface area contributed by atoms with Gasteiger partial charge < -0.3 is 14.6 Å². The van der Waals surface area contributed by atoms with Crippen LogP contribution in [0.4, 0.5) is 22.8 Å². The number of esters is 1. The van der Waals surface area contributed by atoms with E-state index in [9.17, 15) is 32.7 Å². The van der Waals surface area contributed by atoms with Crippen molar-refractivity contribution >= 4 is 18.2 Å². The summed E-state index contributed by atoms with van der Waals surface area (Å²) in [6.45, 7) is 5.12. The van der Waals surface area contributed by atoms with Crippen LogP contribution in [0.25, 0.3) is 0 Å². The highest BCUT2D eigenvalue weighted by Gasteiger charge is 2.56. The molecule has 2 amide bonds. The lowest BCUT2D eigenvalue weighted by molar-refractivity contribution is -0.226. The first-order valence-corrected chi connectivity index (χ1v) is 7.55. The standard InChI is InChI=1S/C14H21F3N2O6/c1-5-24-10(20)9-8(14(15,16)17)6-7-18(19(9)11(21)22)12(23)25-13(2,3)4/h8-9H,5-7H2,1-4H3,(H,21,22). The van der Waals surface area contributed by atoms with E-state index in [0.29, 0.717) is 5.01 Å². The zero-order valence-electron chi connectivity index (χ0n) is 14.3. The Morgan fingerprint density at radius 2 is 1.76 bits per heavy atom. The average molecular weight is 370 g/mol. The van der Waals surface area contributed by atoms with Gasteiger partial charge >= 0.3 is 24.3 Å². The fourth-order valence-electron chi connectivity index (χ4n) is 2.40. The molecule has 0 saturated carbocycles. The van der Waals surface area contributed by atoms with Gasteiger partial charge in [-0.1, -0.05) is 0 Å². The van der Waals surface area contributed by atoms with Gasteiger partial charge in [0.1, 0.15) is 5.60 Å². The topological polar surface area (TPSA) is 96.4 Å². The van der Waals surface area contributed by atoms with Crippen LogP contribution in [-0.4, -0.2) is 64.3 Å². The number of carboxylic acid groups (broad SMARTS) is 1. The summed E-state index contributed by atoms with van der Waals surface area (Å²) < 4.78 is 49.4. The largest absolute Gasteiger partial charge is 0.464 e. The number of alkyl halides is 3. The summed E-state index contributed by atoms with van der Waals surface area (Å²) in [6.07, 6.45) is -8.55. The number of hydrogen-bond donors (Lipinski definition) is 1. The van der Waals surface area contributed by atoms with E-state index in [0.717, 1.165) is 0 Å². The van der Waals surface area contributed by atoms with Gasteiger partial charge in [-0.25, -0.2) is 19.4 Å². The van der Waals surface area contributed by atoms with Gasteiger partial charge in [0.2, 0.25) is 0 Å². The highest BCUT2D eigenvalue weighted by molar-refractivity contribution is 5.83. The highest BCUT2D eigenvalue weighted by atomic mass is 19.4. The Morgan fingerprint density at radius 3 is 2.16 bits per heavy atom. The van der Waals surface area contributed by atoms with E-state index in [1.165, 1.54) is 27.7 Å². The summed E-state index contributed by atoms with van der Waals surface area (Å²) in [5.41, 5.74) is -0.998. The van der Waals surface area contributed by atoms with Crippen molar-refractivity contribution in [2.24, 2.45) is 5.92 Å². The highest BCUT2D eigenvalue weighted by Crippen LogP contribution is 2.38. The van der Waals surface area contributed by atoms with Crippen LogP contribution in [0.1, 0.15) is 34.1 Å². The number of ether oxygens (including phenoxy) is 2. The molecule has 11 heteroatoms. The number of halogens is 3. The second-order valence-corrected chi connectivity index (χ2v) is 6.36. The van der Waals surface area contributed by atoms with Crippen LogP contribution in [-0.2, 0) is 14.3 Å². The second kappa shape index (κ2) is 7.36. The van der Waals surface area contributed by atoms with Crippen LogP contribution in [0.15, 0.2) is 0 Å². The van der Waals surface area contributed by atoms with E-state index in [4.69, 9.17) is 4.74 Å². The fourth-order valence-corrected chi connectivity index (χ4v) is 2.40. The molecule has 8 nitrogen and oxygen atoms in total. The van der Waals surface area contributed by atoms with Crippen molar-refractivity contribution < 1.29 is 42.1 Å². The summed E-state index contributed by atoms with van der Waals surface area (Å²) in [5.74, 6) is -3.66. The van der Waals surface area contributed by atoms with Crippen LogP contribution in [0, 0.1) is 5.92 Å². The van der Waals surface area contributed by atoms with Crippen molar-refractivity contribution in [3.05, 3.63) is 0 Å². The number of rotatable bonds is 2. The Morgan fingerprint density at radius 1 is 1.20 bits per heavy atom. The van der Waals surface area contributed by atoms with E-state index in [1.807, 2.05) is 0 Å². The molecule has 0 bridgehead atoms. The maximum atomic E-state index is 13.3. The summed E-state index contributed by atoms with van der Waals surface area (Å²) in [5, 5.41) is 9.86. The predicted octanol–water partition coefficient (Wildman–Crippen LogP) is 2.63. The van der Waals surface area contributed by atoms with E-state index < -0.39 is 54.9 Å². The van der Waals surface area contributed by atoms with E-state index >= 15 is 0 Å². The van der Waals surface area contributed by atoms with Gasteiger partial charge in [0.05, 0.1) is 12.5 Å². The fraction of sp³-hybridized carbons (Fsp3) is 0.786. The lowest BCUT2D eigenvalue weighted by Gasteiger charge is -2.44. The maximum absolute atomic E-state index is 13.3. The van der Waals surface area contributed by atoms with E-state index in [-0.39, 0.29) is 11.6 Å². The number of amides is 2. The third kappa shape index (κ3) is 5.13. The third-order valence-corrected chi connectivity index (χ3v) is 3.31. The minimum Gasteiger partial charge on any atom is -0.464 e. The van der Waals surface area contributed by atoms with Crippen molar-refractivity contribution in [3.8, 4) is 0 Å². The number of hydrazine groups is 1. The molecule has 0 aromatic carbocycles. The van der Waals surface area contributed by atoms with Gasteiger partial charge in [0, 0.05) is 6.54 Å². The molecule has 1 rings (SSSR count). The smallest absolute Gasteiger partial charge is 0.429 e. The maximum Gasteiger partial charge on any atom is 0.429 e. The Labute approximate surface area is 142 Å². The average Bonchev–Trinajstić information content (AvgIpc) is 2.42. The Bertz CT molecular complexity index is 532.